The lowest BCUT2D eigenvalue weighted by atomic mass is 10.0. The van der Waals surface area contributed by atoms with Gasteiger partial charge in [-0.3, -0.25) is 4.79 Å². The van der Waals surface area contributed by atoms with Gasteiger partial charge < -0.3 is 24.5 Å². The van der Waals surface area contributed by atoms with Crippen LogP contribution in [0.2, 0.25) is 0 Å². The van der Waals surface area contributed by atoms with Crippen LogP contribution in [0.1, 0.15) is 11.1 Å². The summed E-state index contributed by atoms with van der Waals surface area (Å²) in [4.78, 5) is 27.9. The minimum Gasteiger partial charge on any atom is -0.497 e. The summed E-state index contributed by atoms with van der Waals surface area (Å²) in [5.41, 5.74) is 2.56. The Hall–Kier alpha value is -3.74. The van der Waals surface area contributed by atoms with Gasteiger partial charge in [-0.25, -0.2) is 4.79 Å². The number of hydrogen-bond acceptors (Lipinski definition) is 5. The summed E-state index contributed by atoms with van der Waals surface area (Å²) in [6.45, 7) is 0. The summed E-state index contributed by atoms with van der Waals surface area (Å²) in [6.07, 6.45) is 5.10. The largest absolute Gasteiger partial charge is 0.497 e. The van der Waals surface area contributed by atoms with Crippen LogP contribution in [0.3, 0.4) is 0 Å². The van der Waals surface area contributed by atoms with Gasteiger partial charge in [-0.1, -0.05) is 18.2 Å². The van der Waals surface area contributed by atoms with Gasteiger partial charge in [0.05, 0.1) is 21.3 Å². The number of carbonyl (C=O) groups excluding carboxylic acids is 2. The zero-order chi connectivity index (χ0) is 21.5. The Morgan fingerprint density at radius 1 is 1.10 bits per heavy atom. The quantitative estimate of drug-likeness (QED) is 0.442. The molecule has 0 bridgehead atoms. The second-order valence-corrected chi connectivity index (χ2v) is 6.59. The van der Waals surface area contributed by atoms with Crippen molar-refractivity contribution in [2.45, 2.75) is 12.5 Å². The highest BCUT2D eigenvalue weighted by atomic mass is 16.5. The van der Waals surface area contributed by atoms with Crippen LogP contribution in [0.4, 0.5) is 0 Å². The van der Waals surface area contributed by atoms with Crippen LogP contribution >= 0.6 is 0 Å². The average Bonchev–Trinajstić information content (AvgIpc) is 3.19. The number of methoxy groups -OCH3 is 3. The second-order valence-electron chi connectivity index (χ2n) is 6.59. The van der Waals surface area contributed by atoms with E-state index in [4.69, 9.17) is 14.2 Å². The number of amides is 1. The Morgan fingerprint density at radius 3 is 2.63 bits per heavy atom. The molecule has 30 heavy (non-hydrogen) atoms. The SMILES string of the molecule is COC(=O)[C@@H](Cc1c[nH]c2ccccc12)NC(=O)/C=C/c1cc(OC)ccc1OC. The minimum atomic E-state index is -0.821. The first-order chi connectivity index (χ1) is 14.5. The third kappa shape index (κ3) is 4.81. The van der Waals surface area contributed by atoms with Crippen molar-refractivity contribution in [3.8, 4) is 11.5 Å². The number of ether oxygens (including phenoxy) is 3. The van der Waals surface area contributed by atoms with E-state index in [1.165, 1.54) is 13.2 Å². The molecule has 1 atom stereocenters. The highest BCUT2D eigenvalue weighted by Gasteiger charge is 2.22. The number of aromatic amines is 1. The first-order valence-corrected chi connectivity index (χ1v) is 9.39. The Labute approximate surface area is 174 Å². The van der Waals surface area contributed by atoms with Gasteiger partial charge in [-0.15, -0.1) is 0 Å². The van der Waals surface area contributed by atoms with E-state index >= 15 is 0 Å². The number of nitrogens with one attached hydrogen (secondary N) is 2. The third-order valence-electron chi connectivity index (χ3n) is 4.75. The molecule has 0 unspecified atom stereocenters. The van der Waals surface area contributed by atoms with Gasteiger partial charge in [0.2, 0.25) is 5.91 Å². The molecule has 1 heterocycles. The van der Waals surface area contributed by atoms with Gasteiger partial charge in [0.25, 0.3) is 0 Å². The summed E-state index contributed by atoms with van der Waals surface area (Å²) in [5, 5.41) is 3.72. The van der Waals surface area contributed by atoms with E-state index in [1.807, 2.05) is 30.5 Å². The molecular weight excluding hydrogens is 384 g/mol. The van der Waals surface area contributed by atoms with Gasteiger partial charge in [0.15, 0.2) is 0 Å². The molecule has 156 valence electrons. The monoisotopic (exact) mass is 408 g/mol. The second kappa shape index (κ2) is 9.65. The Balaban J connectivity index is 1.76. The molecule has 2 aromatic carbocycles. The van der Waals surface area contributed by atoms with Crippen molar-refractivity contribution in [3.05, 3.63) is 65.9 Å². The molecule has 0 aliphatic rings. The molecule has 1 amide bonds. The van der Waals surface area contributed by atoms with E-state index < -0.39 is 17.9 Å². The molecule has 0 aliphatic carbocycles. The molecule has 3 rings (SSSR count). The molecule has 0 aliphatic heterocycles. The molecule has 2 N–H and O–H groups in total. The molecule has 0 spiro atoms. The summed E-state index contributed by atoms with van der Waals surface area (Å²) >= 11 is 0. The number of H-pyrrole nitrogens is 1. The fraction of sp³-hybridized carbons (Fsp3) is 0.217. The molecule has 3 aromatic rings. The van der Waals surface area contributed by atoms with E-state index in [9.17, 15) is 9.59 Å². The molecular formula is C23H24N2O5. The van der Waals surface area contributed by atoms with Crippen molar-refractivity contribution >= 4 is 28.9 Å². The normalized spacial score (nSPS) is 12.0. The highest BCUT2D eigenvalue weighted by molar-refractivity contribution is 5.95. The standard InChI is InChI=1S/C23H24N2O5/c1-28-17-9-10-21(29-2)15(12-17)8-11-22(26)25-20(23(27)30-3)13-16-14-24-19-7-5-4-6-18(16)19/h4-12,14,20,24H,13H2,1-3H3,(H,25,26)/b11-8+/t20-/m1/s1. The molecule has 7 nitrogen and oxygen atoms in total. The van der Waals surface area contributed by atoms with Crippen LogP contribution < -0.4 is 14.8 Å². The molecule has 0 saturated carbocycles. The van der Waals surface area contributed by atoms with Gasteiger partial charge >= 0.3 is 5.97 Å². The number of benzene rings is 2. The van der Waals surface area contributed by atoms with Crippen LogP contribution in [0.15, 0.2) is 54.7 Å². The zero-order valence-electron chi connectivity index (χ0n) is 17.1. The highest BCUT2D eigenvalue weighted by Crippen LogP contribution is 2.25. The van der Waals surface area contributed by atoms with Gasteiger partial charge in [0.1, 0.15) is 17.5 Å². The number of hydrogen-bond donors (Lipinski definition) is 2. The Morgan fingerprint density at radius 2 is 1.90 bits per heavy atom. The number of aromatic nitrogens is 1. The smallest absolute Gasteiger partial charge is 0.328 e. The summed E-state index contributed by atoms with van der Waals surface area (Å²) in [7, 11) is 4.41. The van der Waals surface area contributed by atoms with E-state index in [2.05, 4.69) is 10.3 Å². The summed E-state index contributed by atoms with van der Waals surface area (Å²) in [5.74, 6) is 0.307. The van der Waals surface area contributed by atoms with Gasteiger partial charge in [-0.2, -0.15) is 0 Å². The van der Waals surface area contributed by atoms with Crippen molar-refractivity contribution in [1.82, 2.24) is 10.3 Å². The lowest BCUT2D eigenvalue weighted by Gasteiger charge is -2.15. The van der Waals surface area contributed by atoms with Crippen molar-refractivity contribution in [2.24, 2.45) is 0 Å². The average molecular weight is 408 g/mol. The van der Waals surface area contributed by atoms with Crippen molar-refractivity contribution in [1.29, 1.82) is 0 Å². The number of esters is 1. The van der Waals surface area contributed by atoms with E-state index in [1.54, 1.807) is 38.5 Å². The lowest BCUT2D eigenvalue weighted by molar-refractivity contribution is -0.144. The van der Waals surface area contributed by atoms with Crippen molar-refractivity contribution in [3.63, 3.8) is 0 Å². The number of rotatable bonds is 8. The van der Waals surface area contributed by atoms with E-state index in [0.717, 1.165) is 16.5 Å². The maximum atomic E-state index is 12.5. The van der Waals surface area contributed by atoms with E-state index in [0.29, 0.717) is 23.5 Å². The summed E-state index contributed by atoms with van der Waals surface area (Å²) < 4.78 is 15.4. The molecule has 0 radical (unpaired) electrons. The van der Waals surface area contributed by atoms with Crippen LogP contribution in [0.5, 0.6) is 11.5 Å². The van der Waals surface area contributed by atoms with Crippen molar-refractivity contribution in [2.75, 3.05) is 21.3 Å². The number of fused-ring (bicyclic) bond motifs is 1. The molecule has 0 saturated heterocycles. The van der Waals surface area contributed by atoms with Crippen LogP contribution in [0, 0.1) is 0 Å². The zero-order valence-corrected chi connectivity index (χ0v) is 17.1. The van der Waals surface area contributed by atoms with Crippen molar-refractivity contribution < 1.29 is 23.8 Å². The molecule has 7 heteroatoms. The minimum absolute atomic E-state index is 0.304. The first-order valence-electron chi connectivity index (χ1n) is 9.39. The number of carbonyl (C=O) groups is 2. The Bertz CT molecular complexity index is 1070. The topological polar surface area (TPSA) is 89.7 Å². The first kappa shape index (κ1) is 21.0. The van der Waals surface area contributed by atoms with Gasteiger partial charge in [0, 0.05) is 35.2 Å². The van der Waals surface area contributed by atoms with Gasteiger partial charge in [-0.05, 0) is 35.9 Å². The predicted molar refractivity (Wildman–Crippen MR) is 115 cm³/mol. The molecule has 1 aromatic heterocycles. The summed E-state index contributed by atoms with van der Waals surface area (Å²) in [6, 6.07) is 12.2. The number of para-hydroxylation sites is 1. The third-order valence-corrected chi connectivity index (χ3v) is 4.75. The predicted octanol–water partition coefficient (Wildman–Crippen LogP) is 3.10. The van der Waals surface area contributed by atoms with Crippen LogP contribution in [-0.4, -0.2) is 44.2 Å². The van der Waals surface area contributed by atoms with Crippen LogP contribution in [-0.2, 0) is 20.7 Å². The maximum absolute atomic E-state index is 12.5. The van der Waals surface area contributed by atoms with Crippen LogP contribution in [0.25, 0.3) is 17.0 Å². The fourth-order valence-electron chi connectivity index (χ4n) is 3.21. The maximum Gasteiger partial charge on any atom is 0.328 e. The van der Waals surface area contributed by atoms with E-state index in [-0.39, 0.29) is 0 Å². The lowest BCUT2D eigenvalue weighted by Crippen LogP contribution is -2.42. The molecule has 0 fully saturated rings. The fourth-order valence-corrected chi connectivity index (χ4v) is 3.21. The Kier molecular flexibility index (Phi) is 6.75.